The highest BCUT2D eigenvalue weighted by molar-refractivity contribution is 5.86. The molecule has 0 aromatic heterocycles. The summed E-state index contributed by atoms with van der Waals surface area (Å²) in [5.41, 5.74) is 0. The monoisotopic (exact) mass is 250 g/mol. The maximum atomic E-state index is 10.7. The lowest BCUT2D eigenvalue weighted by atomic mass is 10.3. The minimum atomic E-state index is -1.23. The molecule has 100 valence electrons. The Morgan fingerprint density at radius 3 is 1.59 bits per heavy atom. The van der Waals surface area contributed by atoms with Crippen LogP contribution in [0.3, 0.4) is 0 Å². The van der Waals surface area contributed by atoms with E-state index < -0.39 is 36.2 Å². The first-order chi connectivity index (χ1) is 7.25. The third kappa shape index (κ3) is 6.52. The predicted octanol–water partition coefficient (Wildman–Crippen LogP) is -0.0487. The molecule has 17 heavy (non-hydrogen) atoms. The third-order valence-corrected chi connectivity index (χ3v) is 1.61. The fourth-order valence-corrected chi connectivity index (χ4v) is 0.636. The average molecular weight is 250 g/mol. The Morgan fingerprint density at radius 1 is 1.18 bits per heavy atom. The summed E-state index contributed by atoms with van der Waals surface area (Å²) in [4.78, 5) is 30.8. The number of ether oxygens (including phenoxy) is 2. The number of carboxylic acid groups (broad SMARTS) is 1. The van der Waals surface area contributed by atoms with Crippen molar-refractivity contribution in [3.05, 3.63) is 0 Å². The van der Waals surface area contributed by atoms with E-state index in [-0.39, 0.29) is 7.43 Å². The van der Waals surface area contributed by atoms with E-state index in [1.807, 2.05) is 0 Å². The normalized spacial score (nSPS) is 24.2. The van der Waals surface area contributed by atoms with Gasteiger partial charge in [0.25, 0.3) is 0 Å². The van der Waals surface area contributed by atoms with Gasteiger partial charge in [-0.1, -0.05) is 7.43 Å². The topological polar surface area (TPSA) is 110 Å². The molecule has 1 saturated heterocycles. The van der Waals surface area contributed by atoms with Gasteiger partial charge in [0.15, 0.2) is 12.2 Å². The lowest BCUT2D eigenvalue weighted by Crippen LogP contribution is -2.40. The second-order valence-electron chi connectivity index (χ2n) is 3.17. The summed E-state index contributed by atoms with van der Waals surface area (Å²) in [7, 11) is 0. The lowest BCUT2D eigenvalue weighted by molar-refractivity contribution is -0.191. The van der Waals surface area contributed by atoms with Crippen LogP contribution in [0.1, 0.15) is 28.2 Å². The molecule has 1 rings (SSSR count). The van der Waals surface area contributed by atoms with Gasteiger partial charge in [-0.2, -0.15) is 0 Å². The number of carbonyl (C=O) groups excluding carboxylic acids is 2. The zero-order valence-electron chi connectivity index (χ0n) is 9.17. The Bertz CT molecular complexity index is 264. The smallest absolute Gasteiger partial charge is 0.347 e. The van der Waals surface area contributed by atoms with Crippen molar-refractivity contribution in [2.75, 3.05) is 0 Å². The summed E-state index contributed by atoms with van der Waals surface area (Å²) >= 11 is 0. The molecule has 0 bridgehead atoms. The molecule has 1 fully saturated rings. The zero-order valence-corrected chi connectivity index (χ0v) is 9.17. The van der Waals surface area contributed by atoms with Crippen molar-refractivity contribution in [1.29, 1.82) is 0 Å². The largest absolute Gasteiger partial charge is 0.479 e. The Morgan fingerprint density at radius 2 is 1.41 bits per heavy atom. The summed E-state index contributed by atoms with van der Waals surface area (Å²) in [6.07, 6.45) is -2.72. The van der Waals surface area contributed by atoms with Crippen LogP contribution < -0.4 is 0 Å². The molecule has 0 saturated carbocycles. The SMILES string of the molecule is C.CC(O)C(=O)O.CC1OC(=O)C(C)OC1=O. The second kappa shape index (κ2) is 7.61. The van der Waals surface area contributed by atoms with Gasteiger partial charge in [0.1, 0.15) is 6.10 Å². The number of carbonyl (C=O) groups is 3. The van der Waals surface area contributed by atoms with Gasteiger partial charge in [-0.05, 0) is 20.8 Å². The van der Waals surface area contributed by atoms with Crippen LogP contribution in [0, 0.1) is 0 Å². The minimum Gasteiger partial charge on any atom is -0.479 e. The number of aliphatic carboxylic acids is 1. The van der Waals surface area contributed by atoms with E-state index in [0.29, 0.717) is 0 Å². The van der Waals surface area contributed by atoms with Gasteiger partial charge in [0, 0.05) is 0 Å². The van der Waals surface area contributed by atoms with Crippen molar-refractivity contribution in [1.82, 2.24) is 0 Å². The second-order valence-corrected chi connectivity index (χ2v) is 3.17. The van der Waals surface area contributed by atoms with Crippen LogP contribution >= 0.6 is 0 Å². The molecule has 3 atom stereocenters. The number of esters is 2. The van der Waals surface area contributed by atoms with Crippen LogP contribution in [-0.2, 0) is 23.9 Å². The molecule has 3 unspecified atom stereocenters. The minimum absolute atomic E-state index is 0. The van der Waals surface area contributed by atoms with Crippen molar-refractivity contribution in [3.8, 4) is 0 Å². The third-order valence-electron chi connectivity index (χ3n) is 1.61. The molecule has 0 aliphatic carbocycles. The summed E-state index contributed by atoms with van der Waals surface area (Å²) < 4.78 is 9.19. The maximum Gasteiger partial charge on any atom is 0.347 e. The first-order valence-electron chi connectivity index (χ1n) is 4.57. The molecule has 0 aromatic rings. The van der Waals surface area contributed by atoms with E-state index in [9.17, 15) is 14.4 Å². The number of hydrogen-bond acceptors (Lipinski definition) is 6. The number of hydrogen-bond donors (Lipinski definition) is 2. The van der Waals surface area contributed by atoms with E-state index in [2.05, 4.69) is 9.47 Å². The molecular formula is C10H18O7. The molecule has 1 aliphatic heterocycles. The highest BCUT2D eigenvalue weighted by Crippen LogP contribution is 2.08. The summed E-state index contributed by atoms with van der Waals surface area (Å²) in [5, 5.41) is 15.8. The number of aliphatic hydroxyl groups is 1. The van der Waals surface area contributed by atoms with E-state index in [1.54, 1.807) is 0 Å². The van der Waals surface area contributed by atoms with Gasteiger partial charge in [0.2, 0.25) is 0 Å². The Labute approximate surface area is 99.3 Å². The molecule has 7 heteroatoms. The molecule has 0 aromatic carbocycles. The zero-order chi connectivity index (χ0) is 12.9. The summed E-state index contributed by atoms with van der Waals surface area (Å²) in [6, 6.07) is 0. The van der Waals surface area contributed by atoms with Gasteiger partial charge in [-0.3, -0.25) is 0 Å². The van der Waals surface area contributed by atoms with Crippen LogP contribution in [0.2, 0.25) is 0 Å². The van der Waals surface area contributed by atoms with Gasteiger partial charge in [-0.15, -0.1) is 0 Å². The fourth-order valence-electron chi connectivity index (χ4n) is 0.636. The summed E-state index contributed by atoms with van der Waals surface area (Å²) in [6.45, 7) is 4.15. The molecule has 1 heterocycles. The molecular weight excluding hydrogens is 232 g/mol. The maximum absolute atomic E-state index is 10.7. The standard InChI is InChI=1S/C6H8O4.C3H6O3.CH4/c1-3-5(7)10-4(2)6(8)9-3;1-2(4)3(5)6;/h3-4H,1-2H3;2,4H,1H3,(H,5,6);1H4. The molecule has 0 amide bonds. The van der Waals surface area contributed by atoms with E-state index in [0.717, 1.165) is 0 Å². The van der Waals surface area contributed by atoms with Gasteiger partial charge >= 0.3 is 17.9 Å². The number of rotatable bonds is 1. The van der Waals surface area contributed by atoms with Gasteiger partial charge < -0.3 is 19.7 Å². The highest BCUT2D eigenvalue weighted by Gasteiger charge is 2.32. The molecule has 7 nitrogen and oxygen atoms in total. The van der Waals surface area contributed by atoms with Crippen molar-refractivity contribution >= 4 is 17.9 Å². The average Bonchev–Trinajstić information content (AvgIpc) is 2.16. The first-order valence-corrected chi connectivity index (χ1v) is 4.57. The van der Waals surface area contributed by atoms with Crippen LogP contribution in [0.5, 0.6) is 0 Å². The van der Waals surface area contributed by atoms with Crippen LogP contribution in [0.15, 0.2) is 0 Å². The summed E-state index contributed by atoms with van der Waals surface area (Å²) in [5.74, 6) is -2.14. The van der Waals surface area contributed by atoms with Gasteiger partial charge in [0.05, 0.1) is 0 Å². The Balaban J connectivity index is 0. The lowest BCUT2D eigenvalue weighted by Gasteiger charge is -2.22. The fraction of sp³-hybridized carbons (Fsp3) is 0.700. The van der Waals surface area contributed by atoms with Crippen molar-refractivity contribution in [2.45, 2.75) is 46.5 Å². The number of aliphatic hydroxyl groups excluding tert-OH is 1. The molecule has 1 aliphatic rings. The number of cyclic esters (lactones) is 2. The van der Waals surface area contributed by atoms with Crippen LogP contribution in [0.4, 0.5) is 0 Å². The first kappa shape index (κ1) is 17.8. The number of carboxylic acids is 1. The Hall–Kier alpha value is -1.63. The van der Waals surface area contributed by atoms with E-state index in [4.69, 9.17) is 10.2 Å². The molecule has 0 spiro atoms. The quantitative estimate of drug-likeness (QED) is 0.628. The molecule has 2 N–H and O–H groups in total. The Kier molecular flexibility index (Phi) is 7.95. The highest BCUT2D eigenvalue weighted by atomic mass is 16.6. The van der Waals surface area contributed by atoms with Crippen LogP contribution in [0.25, 0.3) is 0 Å². The van der Waals surface area contributed by atoms with Crippen molar-refractivity contribution in [3.63, 3.8) is 0 Å². The van der Waals surface area contributed by atoms with Crippen molar-refractivity contribution in [2.24, 2.45) is 0 Å². The molecule has 0 radical (unpaired) electrons. The van der Waals surface area contributed by atoms with E-state index in [1.165, 1.54) is 20.8 Å². The van der Waals surface area contributed by atoms with Gasteiger partial charge in [-0.25, -0.2) is 14.4 Å². The van der Waals surface area contributed by atoms with E-state index >= 15 is 0 Å². The van der Waals surface area contributed by atoms with Crippen LogP contribution in [-0.4, -0.2) is 46.4 Å². The predicted molar refractivity (Wildman–Crippen MR) is 57.2 cm³/mol. The van der Waals surface area contributed by atoms with Crippen molar-refractivity contribution < 1.29 is 34.1 Å².